The molecule has 1 aliphatic carbocycles. The van der Waals surface area contributed by atoms with Crippen molar-refractivity contribution in [3.63, 3.8) is 0 Å². The molecule has 0 fully saturated rings. The minimum Gasteiger partial charge on any atom is -0.383 e. The van der Waals surface area contributed by atoms with E-state index in [1.807, 2.05) is 30.3 Å². The van der Waals surface area contributed by atoms with Crippen LogP contribution in [0.5, 0.6) is 0 Å². The van der Waals surface area contributed by atoms with E-state index in [1.54, 1.807) is 36.2 Å². The van der Waals surface area contributed by atoms with Gasteiger partial charge in [0.1, 0.15) is 5.82 Å². The van der Waals surface area contributed by atoms with Gasteiger partial charge in [-0.3, -0.25) is 19.9 Å². The molecule has 8 heteroatoms. The molecule has 0 bridgehead atoms. The molecule has 2 atom stereocenters. The van der Waals surface area contributed by atoms with Crippen molar-refractivity contribution < 1.29 is 9.72 Å². The van der Waals surface area contributed by atoms with Crippen LogP contribution in [0.25, 0.3) is 0 Å². The van der Waals surface area contributed by atoms with Crippen LogP contribution in [0.3, 0.4) is 0 Å². The van der Waals surface area contributed by atoms with Crippen molar-refractivity contribution in [2.24, 2.45) is 5.73 Å². The molecule has 1 aliphatic heterocycles. The SMILES string of the molecule is CN(C)N1C(N)=C(C#N)[C@H](c2cccc([N+](=O)[O-])c2)C2=C1C[C@H](c1ccccc1)CC2=O. The number of hydrogen-bond donors (Lipinski definition) is 1. The van der Waals surface area contributed by atoms with Crippen LogP contribution in [0.4, 0.5) is 5.69 Å². The summed E-state index contributed by atoms with van der Waals surface area (Å²) in [6.45, 7) is 0. The van der Waals surface area contributed by atoms with Gasteiger partial charge in [-0.2, -0.15) is 5.26 Å². The van der Waals surface area contributed by atoms with Gasteiger partial charge in [0, 0.05) is 43.9 Å². The minimum absolute atomic E-state index is 0.0212. The van der Waals surface area contributed by atoms with Crippen LogP contribution >= 0.6 is 0 Å². The van der Waals surface area contributed by atoms with Gasteiger partial charge in [0.05, 0.1) is 22.5 Å². The van der Waals surface area contributed by atoms with Crippen molar-refractivity contribution in [2.45, 2.75) is 24.7 Å². The van der Waals surface area contributed by atoms with Crippen molar-refractivity contribution in [1.82, 2.24) is 10.0 Å². The van der Waals surface area contributed by atoms with Gasteiger partial charge in [-0.25, -0.2) is 5.01 Å². The highest BCUT2D eigenvalue weighted by atomic mass is 16.6. The number of nitriles is 1. The number of carbonyl (C=O) groups is 1. The second-order valence-electron chi connectivity index (χ2n) is 8.15. The third-order valence-electron chi connectivity index (χ3n) is 6.03. The molecule has 2 aliphatic rings. The van der Waals surface area contributed by atoms with Gasteiger partial charge in [0.2, 0.25) is 0 Å². The van der Waals surface area contributed by atoms with Gasteiger partial charge in [-0.05, 0) is 23.5 Å². The largest absolute Gasteiger partial charge is 0.383 e. The van der Waals surface area contributed by atoms with Crippen LogP contribution in [0.15, 0.2) is 77.3 Å². The van der Waals surface area contributed by atoms with Crippen molar-refractivity contribution in [3.05, 3.63) is 98.5 Å². The highest BCUT2D eigenvalue weighted by Gasteiger charge is 2.43. The van der Waals surface area contributed by atoms with Gasteiger partial charge in [-0.1, -0.05) is 42.5 Å². The van der Waals surface area contributed by atoms with E-state index < -0.39 is 10.8 Å². The Labute approximate surface area is 186 Å². The van der Waals surface area contributed by atoms with Crippen molar-refractivity contribution in [2.75, 3.05) is 14.1 Å². The number of nitrogens with zero attached hydrogens (tertiary/aromatic N) is 4. The van der Waals surface area contributed by atoms with E-state index in [0.717, 1.165) is 11.3 Å². The monoisotopic (exact) mass is 429 g/mol. The first-order valence-electron chi connectivity index (χ1n) is 10.3. The lowest BCUT2D eigenvalue weighted by Crippen LogP contribution is -2.46. The van der Waals surface area contributed by atoms with Crippen LogP contribution in [0.1, 0.15) is 35.8 Å². The number of carbonyl (C=O) groups excluding carboxylic acids is 1. The summed E-state index contributed by atoms with van der Waals surface area (Å²) in [6.07, 6.45) is 0.863. The quantitative estimate of drug-likeness (QED) is 0.583. The van der Waals surface area contributed by atoms with Crippen LogP contribution in [-0.4, -0.2) is 34.8 Å². The van der Waals surface area contributed by atoms with Crippen molar-refractivity contribution in [1.29, 1.82) is 5.26 Å². The summed E-state index contributed by atoms with van der Waals surface area (Å²) in [5.74, 6) is -0.611. The topological polar surface area (TPSA) is 116 Å². The van der Waals surface area contributed by atoms with Crippen molar-refractivity contribution in [3.8, 4) is 6.07 Å². The van der Waals surface area contributed by atoms with Gasteiger partial charge < -0.3 is 5.73 Å². The average Bonchev–Trinajstić information content (AvgIpc) is 2.78. The first kappa shape index (κ1) is 21.3. The van der Waals surface area contributed by atoms with E-state index in [-0.39, 0.29) is 28.8 Å². The Balaban J connectivity index is 1.91. The summed E-state index contributed by atoms with van der Waals surface area (Å²) < 4.78 is 0. The zero-order chi connectivity index (χ0) is 23.0. The lowest BCUT2D eigenvalue weighted by molar-refractivity contribution is -0.384. The van der Waals surface area contributed by atoms with E-state index in [1.165, 1.54) is 12.1 Å². The number of nitrogens with two attached hydrogens (primary N) is 1. The molecular weight excluding hydrogens is 406 g/mol. The summed E-state index contributed by atoms with van der Waals surface area (Å²) in [5.41, 5.74) is 9.36. The fourth-order valence-corrected chi connectivity index (χ4v) is 4.68. The molecule has 2 N–H and O–H groups in total. The number of rotatable bonds is 4. The number of ketones is 1. The van der Waals surface area contributed by atoms with Crippen LogP contribution in [0, 0.1) is 21.4 Å². The standard InChI is InChI=1S/C24H23N5O3/c1-27(2)28-20-12-17(15-7-4-3-5-8-15)13-21(30)23(20)22(19(14-25)24(28)26)16-9-6-10-18(11-16)29(31)32/h3-11,17,22H,12-13,26H2,1-2H3/t17-,22-/m0/s1. The van der Waals surface area contributed by atoms with Crippen LogP contribution < -0.4 is 5.73 Å². The smallest absolute Gasteiger partial charge is 0.269 e. The van der Waals surface area contributed by atoms with E-state index in [0.29, 0.717) is 24.0 Å². The Morgan fingerprint density at radius 2 is 1.81 bits per heavy atom. The Morgan fingerprint density at radius 3 is 2.44 bits per heavy atom. The fourth-order valence-electron chi connectivity index (χ4n) is 4.68. The first-order valence-corrected chi connectivity index (χ1v) is 10.3. The zero-order valence-corrected chi connectivity index (χ0v) is 17.9. The lowest BCUT2D eigenvalue weighted by atomic mass is 9.72. The molecule has 0 saturated carbocycles. The highest BCUT2D eigenvalue weighted by molar-refractivity contribution is 6.00. The molecule has 32 heavy (non-hydrogen) atoms. The molecule has 1 heterocycles. The summed E-state index contributed by atoms with van der Waals surface area (Å²) in [4.78, 5) is 24.4. The molecule has 0 aromatic heterocycles. The Morgan fingerprint density at radius 1 is 1.12 bits per heavy atom. The zero-order valence-electron chi connectivity index (χ0n) is 17.9. The number of nitro benzene ring substituents is 1. The normalized spacial score (nSPS) is 20.9. The molecule has 2 aromatic carbocycles. The maximum absolute atomic E-state index is 13.5. The minimum atomic E-state index is -0.740. The molecule has 8 nitrogen and oxygen atoms in total. The molecule has 0 saturated heterocycles. The second kappa shape index (κ2) is 8.29. The van der Waals surface area contributed by atoms with Crippen LogP contribution in [-0.2, 0) is 4.79 Å². The molecule has 0 unspecified atom stereocenters. The van der Waals surface area contributed by atoms with E-state index in [2.05, 4.69) is 6.07 Å². The maximum atomic E-state index is 13.5. The molecular formula is C24H23N5O3. The molecule has 0 radical (unpaired) electrons. The number of hydrazine groups is 1. The van der Waals surface area contributed by atoms with E-state index in [9.17, 15) is 20.2 Å². The number of non-ortho nitro benzene ring substituents is 1. The summed E-state index contributed by atoms with van der Waals surface area (Å²) >= 11 is 0. The molecule has 4 rings (SSSR count). The number of allylic oxidation sites excluding steroid dienone is 3. The van der Waals surface area contributed by atoms with Crippen molar-refractivity contribution >= 4 is 11.5 Å². The number of Topliss-reactive ketones (excluding diaryl/α,β-unsaturated/α-hetero) is 1. The van der Waals surface area contributed by atoms with Gasteiger partial charge in [-0.15, -0.1) is 0 Å². The lowest BCUT2D eigenvalue weighted by Gasteiger charge is -2.43. The molecule has 0 amide bonds. The third-order valence-corrected chi connectivity index (χ3v) is 6.03. The first-order chi connectivity index (χ1) is 15.3. The number of hydrogen-bond acceptors (Lipinski definition) is 7. The Hall–Kier alpha value is -3.96. The molecule has 0 spiro atoms. The summed E-state index contributed by atoms with van der Waals surface area (Å²) in [5, 5.41) is 24.8. The molecule has 2 aromatic rings. The number of benzene rings is 2. The number of nitro groups is 1. The summed E-state index contributed by atoms with van der Waals surface area (Å²) in [7, 11) is 3.60. The van der Waals surface area contributed by atoms with E-state index >= 15 is 0 Å². The Bertz CT molecular complexity index is 1190. The van der Waals surface area contributed by atoms with Gasteiger partial charge >= 0.3 is 0 Å². The Kier molecular flexibility index (Phi) is 5.51. The molecule has 162 valence electrons. The van der Waals surface area contributed by atoms with E-state index in [4.69, 9.17) is 5.73 Å². The van der Waals surface area contributed by atoms with Gasteiger partial charge in [0.25, 0.3) is 5.69 Å². The predicted molar refractivity (Wildman–Crippen MR) is 119 cm³/mol. The predicted octanol–water partition coefficient (Wildman–Crippen LogP) is 3.57. The van der Waals surface area contributed by atoms with Crippen LogP contribution in [0.2, 0.25) is 0 Å². The van der Waals surface area contributed by atoms with Gasteiger partial charge in [0.15, 0.2) is 5.78 Å². The maximum Gasteiger partial charge on any atom is 0.269 e. The second-order valence-corrected chi connectivity index (χ2v) is 8.15. The fraction of sp³-hybridized carbons (Fsp3) is 0.250. The average molecular weight is 429 g/mol. The highest BCUT2D eigenvalue weighted by Crippen LogP contribution is 2.48. The summed E-state index contributed by atoms with van der Waals surface area (Å²) in [6, 6.07) is 18.1. The third kappa shape index (κ3) is 3.53.